The maximum absolute atomic E-state index is 11.4. The van der Waals surface area contributed by atoms with Gasteiger partial charge in [-0.1, -0.05) is 19.9 Å². The molecule has 19 heavy (non-hydrogen) atoms. The number of alkyl carbamates (subject to hydrolysis) is 1. The molecule has 99 valence electrons. The minimum absolute atomic E-state index is 0. The second kappa shape index (κ2) is 8.57. The van der Waals surface area contributed by atoms with Gasteiger partial charge in [-0.05, 0) is 12.0 Å². The van der Waals surface area contributed by atoms with Crippen LogP contribution in [0.5, 0.6) is 0 Å². The summed E-state index contributed by atoms with van der Waals surface area (Å²) in [5.41, 5.74) is 0.740. The van der Waals surface area contributed by atoms with Crippen molar-refractivity contribution in [3.05, 3.63) is 30.1 Å². The van der Waals surface area contributed by atoms with Gasteiger partial charge in [0.05, 0.1) is 0 Å². The zero-order valence-electron chi connectivity index (χ0n) is 11.3. The Morgan fingerprint density at radius 1 is 1.47 bits per heavy atom. The van der Waals surface area contributed by atoms with Crippen LogP contribution in [0.1, 0.15) is 19.4 Å². The van der Waals surface area contributed by atoms with Crippen molar-refractivity contribution in [2.24, 2.45) is 5.92 Å². The zero-order chi connectivity index (χ0) is 13.5. The van der Waals surface area contributed by atoms with E-state index in [0.29, 0.717) is 0 Å². The second-order valence-electron chi connectivity index (χ2n) is 4.14. The van der Waals surface area contributed by atoms with Gasteiger partial charge in [-0.15, -0.1) is 0 Å². The molecule has 0 aliphatic carbocycles. The van der Waals surface area contributed by atoms with Crippen molar-refractivity contribution in [3.63, 3.8) is 0 Å². The van der Waals surface area contributed by atoms with Crippen LogP contribution in [-0.4, -0.2) is 47.1 Å². The third kappa shape index (κ3) is 6.27. The molecular weight excluding hydrogens is 243 g/mol. The van der Waals surface area contributed by atoms with E-state index >= 15 is 0 Å². The Hall–Kier alpha value is -1.51. The maximum Gasteiger partial charge on any atom is 0.408 e. The van der Waals surface area contributed by atoms with E-state index in [4.69, 9.17) is 9.84 Å². The number of carbonyl (C=O) groups excluding carboxylic acids is 1. The minimum Gasteiger partial charge on any atom is -0.480 e. The van der Waals surface area contributed by atoms with Crippen LogP contribution in [-0.2, 0) is 16.1 Å². The van der Waals surface area contributed by atoms with Gasteiger partial charge in [-0.2, -0.15) is 0 Å². The van der Waals surface area contributed by atoms with Gasteiger partial charge in [0.25, 0.3) is 0 Å². The first-order chi connectivity index (χ1) is 8.50. The Kier molecular flexibility index (Phi) is 7.88. The SMILES string of the molecule is CC(C)[C@H](NC(=O)OCc1cccnc1)C(=O)O.[Li]. The quantitative estimate of drug-likeness (QED) is 0.771. The van der Waals surface area contributed by atoms with Crippen LogP contribution in [0.2, 0.25) is 0 Å². The predicted octanol–water partition coefficient (Wildman–Crippen LogP) is 1.04. The fourth-order valence-electron chi connectivity index (χ4n) is 1.31. The predicted molar refractivity (Wildman–Crippen MR) is 69.6 cm³/mol. The molecule has 0 unspecified atom stereocenters. The van der Waals surface area contributed by atoms with Gasteiger partial charge in [0, 0.05) is 36.8 Å². The van der Waals surface area contributed by atoms with Crippen molar-refractivity contribution in [2.75, 3.05) is 0 Å². The first kappa shape index (κ1) is 17.5. The number of pyridine rings is 1. The average molecular weight is 259 g/mol. The Morgan fingerprint density at radius 2 is 2.16 bits per heavy atom. The van der Waals surface area contributed by atoms with Crippen LogP contribution in [0.4, 0.5) is 4.79 Å². The molecule has 1 heterocycles. The van der Waals surface area contributed by atoms with Crippen molar-refractivity contribution in [3.8, 4) is 0 Å². The van der Waals surface area contributed by atoms with E-state index < -0.39 is 18.1 Å². The van der Waals surface area contributed by atoms with Crippen LogP contribution in [0.3, 0.4) is 0 Å². The van der Waals surface area contributed by atoms with E-state index in [9.17, 15) is 9.59 Å². The molecule has 0 bridgehead atoms. The summed E-state index contributed by atoms with van der Waals surface area (Å²) in [6.45, 7) is 3.48. The molecule has 7 heteroatoms. The standard InChI is InChI=1S/C12H16N2O4.Li/c1-8(2)10(11(15)16)14-12(17)18-7-9-4-3-5-13-6-9;/h3-6,8,10H,7H2,1-2H3,(H,14,17)(H,15,16);/t10-;/m0./s1. The summed E-state index contributed by atoms with van der Waals surface area (Å²) in [5.74, 6) is -1.29. The number of amides is 1. The second-order valence-corrected chi connectivity index (χ2v) is 4.14. The van der Waals surface area contributed by atoms with Crippen molar-refractivity contribution < 1.29 is 19.4 Å². The summed E-state index contributed by atoms with van der Waals surface area (Å²) in [4.78, 5) is 26.2. The minimum atomic E-state index is -1.08. The Balaban J connectivity index is 0.00000324. The van der Waals surface area contributed by atoms with Gasteiger partial charge in [0.15, 0.2) is 0 Å². The van der Waals surface area contributed by atoms with Crippen LogP contribution in [0.15, 0.2) is 24.5 Å². The molecule has 0 aliphatic rings. The van der Waals surface area contributed by atoms with Crippen molar-refractivity contribution in [1.82, 2.24) is 10.3 Å². The van der Waals surface area contributed by atoms with Gasteiger partial charge >= 0.3 is 12.1 Å². The number of carbonyl (C=O) groups is 2. The summed E-state index contributed by atoms with van der Waals surface area (Å²) < 4.78 is 4.91. The maximum atomic E-state index is 11.4. The van der Waals surface area contributed by atoms with Crippen LogP contribution < -0.4 is 5.32 Å². The van der Waals surface area contributed by atoms with E-state index in [2.05, 4.69) is 10.3 Å². The molecule has 0 saturated heterocycles. The summed E-state index contributed by atoms with van der Waals surface area (Å²) in [5, 5.41) is 11.2. The molecule has 1 aromatic heterocycles. The number of ether oxygens (including phenoxy) is 1. The normalized spacial score (nSPS) is 11.3. The Bertz CT molecular complexity index is 411. The van der Waals surface area contributed by atoms with E-state index in [1.807, 2.05) is 0 Å². The van der Waals surface area contributed by atoms with Crippen molar-refractivity contribution >= 4 is 30.9 Å². The fraction of sp³-hybridized carbons (Fsp3) is 0.417. The van der Waals surface area contributed by atoms with Crippen LogP contribution in [0, 0.1) is 5.92 Å². The largest absolute Gasteiger partial charge is 0.480 e. The number of carboxylic acids is 1. The van der Waals surface area contributed by atoms with Crippen molar-refractivity contribution in [2.45, 2.75) is 26.5 Å². The summed E-state index contributed by atoms with van der Waals surface area (Å²) >= 11 is 0. The van der Waals surface area contributed by atoms with Gasteiger partial charge < -0.3 is 15.2 Å². The molecule has 1 amide bonds. The molecule has 0 saturated carbocycles. The molecular formula is C12H16LiN2O4. The number of hydrogen-bond donors (Lipinski definition) is 2. The van der Waals surface area contributed by atoms with Gasteiger partial charge in [0.1, 0.15) is 12.6 Å². The smallest absolute Gasteiger partial charge is 0.408 e. The monoisotopic (exact) mass is 259 g/mol. The first-order valence-electron chi connectivity index (χ1n) is 5.55. The van der Waals surface area contributed by atoms with E-state index in [0.717, 1.165) is 5.56 Å². The number of carboxylic acid groups (broad SMARTS) is 1. The number of rotatable bonds is 5. The number of nitrogens with one attached hydrogen (secondary N) is 1. The van der Waals surface area contributed by atoms with Crippen LogP contribution >= 0.6 is 0 Å². The molecule has 1 rings (SSSR count). The fourth-order valence-corrected chi connectivity index (χ4v) is 1.31. The molecule has 1 aromatic rings. The molecule has 0 aromatic carbocycles. The molecule has 1 radical (unpaired) electrons. The zero-order valence-corrected chi connectivity index (χ0v) is 11.3. The average Bonchev–Trinajstić information content (AvgIpc) is 2.34. The topological polar surface area (TPSA) is 88.5 Å². The molecule has 6 nitrogen and oxygen atoms in total. The molecule has 0 fully saturated rings. The third-order valence-electron chi connectivity index (χ3n) is 2.30. The molecule has 0 spiro atoms. The number of aliphatic carboxylic acids is 1. The van der Waals surface area contributed by atoms with E-state index in [1.165, 1.54) is 0 Å². The Morgan fingerprint density at radius 3 is 2.63 bits per heavy atom. The number of nitrogens with zero attached hydrogens (tertiary/aromatic N) is 1. The van der Waals surface area contributed by atoms with Crippen LogP contribution in [0.25, 0.3) is 0 Å². The number of hydrogen-bond acceptors (Lipinski definition) is 4. The Labute approximate surface area is 123 Å². The number of aromatic nitrogens is 1. The summed E-state index contributed by atoms with van der Waals surface area (Å²) in [6.07, 6.45) is 2.44. The third-order valence-corrected chi connectivity index (χ3v) is 2.30. The van der Waals surface area contributed by atoms with Crippen molar-refractivity contribution in [1.29, 1.82) is 0 Å². The van der Waals surface area contributed by atoms with Gasteiger partial charge in [0.2, 0.25) is 0 Å². The first-order valence-corrected chi connectivity index (χ1v) is 5.55. The van der Waals surface area contributed by atoms with Gasteiger partial charge in [-0.25, -0.2) is 9.59 Å². The molecule has 1 atom stereocenters. The van der Waals surface area contributed by atoms with E-state index in [-0.39, 0.29) is 31.4 Å². The van der Waals surface area contributed by atoms with E-state index in [1.54, 1.807) is 38.4 Å². The molecule has 2 N–H and O–H groups in total. The summed E-state index contributed by atoms with van der Waals surface area (Å²) in [6, 6.07) is 2.54. The van der Waals surface area contributed by atoms with Gasteiger partial charge in [-0.3, -0.25) is 4.98 Å². The summed E-state index contributed by atoms with van der Waals surface area (Å²) in [7, 11) is 0. The molecule has 0 aliphatic heterocycles.